The molecular formula is C14H26ClN3. The summed E-state index contributed by atoms with van der Waals surface area (Å²) in [6.45, 7) is 12.6. The van der Waals surface area contributed by atoms with Crippen molar-refractivity contribution in [2.75, 3.05) is 6.54 Å². The topological polar surface area (TPSA) is 29.9 Å². The lowest BCUT2D eigenvalue weighted by Gasteiger charge is -2.20. The predicted octanol–water partition coefficient (Wildman–Crippen LogP) is 3.58. The summed E-state index contributed by atoms with van der Waals surface area (Å²) in [4.78, 5) is 0. The molecule has 1 aromatic heterocycles. The zero-order valence-corrected chi connectivity index (χ0v) is 13.1. The average Bonchev–Trinajstić information content (AvgIpc) is 2.54. The monoisotopic (exact) mass is 271 g/mol. The molecule has 1 heterocycles. The highest BCUT2D eigenvalue weighted by Crippen LogP contribution is 2.21. The van der Waals surface area contributed by atoms with Crippen molar-refractivity contribution in [1.82, 2.24) is 15.1 Å². The van der Waals surface area contributed by atoms with Gasteiger partial charge < -0.3 is 5.32 Å². The lowest BCUT2D eigenvalue weighted by molar-refractivity contribution is 0.418. The summed E-state index contributed by atoms with van der Waals surface area (Å²) in [7, 11) is 0. The van der Waals surface area contributed by atoms with Crippen molar-refractivity contribution in [3.05, 3.63) is 16.4 Å². The Kier molecular flexibility index (Phi) is 5.67. The number of nitrogens with one attached hydrogen (secondary N) is 1. The van der Waals surface area contributed by atoms with Gasteiger partial charge in [-0.1, -0.05) is 11.6 Å². The quantitative estimate of drug-likeness (QED) is 0.802. The van der Waals surface area contributed by atoms with Gasteiger partial charge in [-0.2, -0.15) is 5.10 Å². The Balaban J connectivity index is 2.40. The third kappa shape index (κ3) is 4.62. The molecule has 0 aliphatic heterocycles. The minimum Gasteiger partial charge on any atom is -0.312 e. The Morgan fingerprint density at radius 3 is 2.50 bits per heavy atom. The summed E-state index contributed by atoms with van der Waals surface area (Å²) in [5, 5.41) is 8.78. The molecule has 3 nitrogen and oxygen atoms in total. The van der Waals surface area contributed by atoms with Crippen LogP contribution in [-0.2, 0) is 13.0 Å². The van der Waals surface area contributed by atoms with E-state index in [1.54, 1.807) is 0 Å². The Morgan fingerprint density at radius 1 is 1.28 bits per heavy atom. The lowest BCUT2D eigenvalue weighted by atomic mass is 10.1. The number of aryl methyl sites for hydroxylation is 2. The van der Waals surface area contributed by atoms with Gasteiger partial charge >= 0.3 is 0 Å². The van der Waals surface area contributed by atoms with E-state index in [0.29, 0.717) is 0 Å². The molecule has 1 rings (SSSR count). The fraction of sp³-hybridized carbons (Fsp3) is 0.786. The van der Waals surface area contributed by atoms with Crippen molar-refractivity contribution in [3.8, 4) is 0 Å². The summed E-state index contributed by atoms with van der Waals surface area (Å²) in [5.41, 5.74) is 2.34. The van der Waals surface area contributed by atoms with Crippen LogP contribution in [0.4, 0.5) is 0 Å². The van der Waals surface area contributed by atoms with E-state index in [4.69, 9.17) is 11.6 Å². The van der Waals surface area contributed by atoms with Gasteiger partial charge in [0, 0.05) is 12.1 Å². The number of nitrogens with zero attached hydrogens (tertiary/aromatic N) is 2. The first-order valence-electron chi connectivity index (χ1n) is 6.82. The second-order valence-corrected chi connectivity index (χ2v) is 6.17. The van der Waals surface area contributed by atoms with Crippen LogP contribution in [0.3, 0.4) is 0 Å². The fourth-order valence-corrected chi connectivity index (χ4v) is 2.22. The molecule has 0 aliphatic rings. The van der Waals surface area contributed by atoms with E-state index in [1.807, 2.05) is 11.6 Å². The highest BCUT2D eigenvalue weighted by atomic mass is 35.5. The van der Waals surface area contributed by atoms with Crippen molar-refractivity contribution in [3.63, 3.8) is 0 Å². The summed E-state index contributed by atoms with van der Waals surface area (Å²) < 4.78 is 2.02. The SMILES string of the molecule is CCn1nc(C)c(Cl)c1CCCCNC(C)(C)C. The largest absolute Gasteiger partial charge is 0.312 e. The number of halogens is 1. The normalized spacial score (nSPS) is 12.1. The maximum atomic E-state index is 6.28. The Morgan fingerprint density at radius 2 is 1.94 bits per heavy atom. The molecule has 0 fully saturated rings. The molecule has 0 saturated heterocycles. The van der Waals surface area contributed by atoms with Crippen molar-refractivity contribution < 1.29 is 0 Å². The second kappa shape index (κ2) is 6.58. The predicted molar refractivity (Wildman–Crippen MR) is 78.3 cm³/mol. The van der Waals surface area contributed by atoms with Crippen molar-refractivity contribution in [2.45, 2.75) is 66.0 Å². The van der Waals surface area contributed by atoms with Gasteiger partial charge in [0.05, 0.1) is 16.4 Å². The Labute approximate surface area is 116 Å². The molecule has 0 amide bonds. The molecule has 104 valence electrons. The van der Waals surface area contributed by atoms with Crippen LogP contribution in [0.25, 0.3) is 0 Å². The third-order valence-corrected chi connectivity index (χ3v) is 3.44. The van der Waals surface area contributed by atoms with Gasteiger partial charge in [0.25, 0.3) is 0 Å². The summed E-state index contributed by atoms with van der Waals surface area (Å²) in [6, 6.07) is 0. The Hall–Kier alpha value is -0.540. The van der Waals surface area contributed by atoms with Crippen LogP contribution < -0.4 is 5.32 Å². The first kappa shape index (κ1) is 15.5. The van der Waals surface area contributed by atoms with Crippen LogP contribution >= 0.6 is 11.6 Å². The molecule has 0 aromatic carbocycles. The van der Waals surface area contributed by atoms with E-state index in [0.717, 1.165) is 36.6 Å². The molecule has 0 radical (unpaired) electrons. The van der Waals surface area contributed by atoms with Gasteiger partial charge in [-0.05, 0) is 60.4 Å². The zero-order chi connectivity index (χ0) is 13.8. The number of hydrogen-bond acceptors (Lipinski definition) is 2. The zero-order valence-electron chi connectivity index (χ0n) is 12.3. The maximum absolute atomic E-state index is 6.28. The van der Waals surface area contributed by atoms with Crippen molar-refractivity contribution in [2.24, 2.45) is 0 Å². The van der Waals surface area contributed by atoms with Gasteiger partial charge in [0.1, 0.15) is 0 Å². The first-order valence-corrected chi connectivity index (χ1v) is 7.19. The second-order valence-electron chi connectivity index (χ2n) is 5.80. The lowest BCUT2D eigenvalue weighted by Crippen LogP contribution is -2.36. The van der Waals surface area contributed by atoms with Gasteiger partial charge in [-0.25, -0.2) is 0 Å². The van der Waals surface area contributed by atoms with Crippen molar-refractivity contribution >= 4 is 11.6 Å². The first-order chi connectivity index (χ1) is 8.35. The summed E-state index contributed by atoms with van der Waals surface area (Å²) >= 11 is 6.28. The van der Waals surface area contributed by atoms with E-state index >= 15 is 0 Å². The molecule has 0 unspecified atom stereocenters. The smallest absolute Gasteiger partial charge is 0.0847 e. The van der Waals surface area contributed by atoms with Crippen LogP contribution in [0, 0.1) is 6.92 Å². The molecule has 1 N–H and O–H groups in total. The average molecular weight is 272 g/mol. The maximum Gasteiger partial charge on any atom is 0.0847 e. The molecule has 0 aliphatic carbocycles. The molecule has 1 aromatic rings. The van der Waals surface area contributed by atoms with Gasteiger partial charge in [0.2, 0.25) is 0 Å². The summed E-state index contributed by atoms with van der Waals surface area (Å²) in [6.07, 6.45) is 3.33. The standard InChI is InChI=1S/C14H26ClN3/c1-6-18-12(13(15)11(2)17-18)9-7-8-10-16-14(3,4)5/h16H,6-10H2,1-5H3. The van der Waals surface area contributed by atoms with Crippen LogP contribution in [0.2, 0.25) is 5.02 Å². The highest BCUT2D eigenvalue weighted by molar-refractivity contribution is 6.31. The van der Waals surface area contributed by atoms with Gasteiger partial charge in [0.15, 0.2) is 0 Å². The molecular weight excluding hydrogens is 246 g/mol. The van der Waals surface area contributed by atoms with E-state index in [1.165, 1.54) is 12.1 Å². The third-order valence-electron chi connectivity index (χ3n) is 2.95. The van der Waals surface area contributed by atoms with Crippen molar-refractivity contribution in [1.29, 1.82) is 0 Å². The minimum atomic E-state index is 0.208. The van der Waals surface area contributed by atoms with Crippen LogP contribution in [-0.4, -0.2) is 21.9 Å². The van der Waals surface area contributed by atoms with E-state index in [-0.39, 0.29) is 5.54 Å². The molecule has 0 atom stereocenters. The molecule has 0 spiro atoms. The highest BCUT2D eigenvalue weighted by Gasteiger charge is 2.12. The van der Waals surface area contributed by atoms with Crippen LogP contribution in [0.15, 0.2) is 0 Å². The van der Waals surface area contributed by atoms with Crippen LogP contribution in [0.1, 0.15) is 51.9 Å². The number of aromatic nitrogens is 2. The molecule has 0 saturated carbocycles. The van der Waals surface area contributed by atoms with Gasteiger partial charge in [-0.3, -0.25) is 4.68 Å². The fourth-order valence-electron chi connectivity index (χ4n) is 1.99. The van der Waals surface area contributed by atoms with E-state index in [2.05, 4.69) is 38.1 Å². The number of unbranched alkanes of at least 4 members (excludes halogenated alkanes) is 1. The minimum absolute atomic E-state index is 0.208. The number of hydrogen-bond donors (Lipinski definition) is 1. The Bertz CT molecular complexity index is 377. The summed E-state index contributed by atoms with van der Waals surface area (Å²) in [5.74, 6) is 0. The molecule has 0 bridgehead atoms. The molecule has 18 heavy (non-hydrogen) atoms. The van der Waals surface area contributed by atoms with Crippen LogP contribution in [0.5, 0.6) is 0 Å². The van der Waals surface area contributed by atoms with Gasteiger partial charge in [-0.15, -0.1) is 0 Å². The van der Waals surface area contributed by atoms with E-state index in [9.17, 15) is 0 Å². The number of rotatable bonds is 6. The molecule has 4 heteroatoms. The van der Waals surface area contributed by atoms with E-state index < -0.39 is 0 Å².